The summed E-state index contributed by atoms with van der Waals surface area (Å²) in [7, 11) is -4.35. The molecule has 0 heterocycles. The van der Waals surface area contributed by atoms with Gasteiger partial charge >= 0.3 is 0 Å². The van der Waals surface area contributed by atoms with Crippen LogP contribution >= 0.6 is 0 Å². The molecule has 11 heteroatoms. The topological polar surface area (TPSA) is 96.0 Å². The largest absolute Gasteiger partial charge is 0.494 e. The van der Waals surface area contributed by atoms with Crippen molar-refractivity contribution in [2.45, 2.75) is 51.6 Å². The molecule has 42 heavy (non-hydrogen) atoms. The van der Waals surface area contributed by atoms with Crippen LogP contribution in [-0.2, 0) is 26.2 Å². The summed E-state index contributed by atoms with van der Waals surface area (Å²) in [5, 5.41) is 2.85. The first kappa shape index (κ1) is 32.5. The quantitative estimate of drug-likeness (QED) is 0.276. The fraction of sp³-hybridized carbons (Fsp3) is 0.355. The predicted octanol–water partition coefficient (Wildman–Crippen LogP) is 5.14. The highest BCUT2D eigenvalue weighted by molar-refractivity contribution is 7.92. The molecule has 0 aliphatic rings. The Bertz CT molecular complexity index is 1430. The van der Waals surface area contributed by atoms with Crippen LogP contribution in [0.5, 0.6) is 5.75 Å². The number of nitrogens with zero attached hydrogens (tertiary/aromatic N) is 2. The van der Waals surface area contributed by atoms with Crippen LogP contribution in [-0.4, -0.2) is 50.9 Å². The molecule has 1 N–H and O–H groups in total. The van der Waals surface area contributed by atoms with Crippen molar-refractivity contribution >= 4 is 27.5 Å². The fourth-order valence-corrected chi connectivity index (χ4v) is 5.68. The summed E-state index contributed by atoms with van der Waals surface area (Å²) in [6.07, 6.45) is 0.255. The Morgan fingerprint density at radius 1 is 0.881 bits per heavy atom. The van der Waals surface area contributed by atoms with Crippen LogP contribution in [0, 0.1) is 17.6 Å². The number of halogens is 2. The summed E-state index contributed by atoms with van der Waals surface area (Å²) in [5.74, 6) is -1.41. The average molecular weight is 602 g/mol. The molecule has 3 rings (SSSR count). The van der Waals surface area contributed by atoms with Gasteiger partial charge in [-0.1, -0.05) is 32.9 Å². The number of hydrogen-bond acceptors (Lipinski definition) is 5. The zero-order chi connectivity index (χ0) is 30.9. The highest BCUT2D eigenvalue weighted by Gasteiger charge is 2.33. The van der Waals surface area contributed by atoms with Gasteiger partial charge in [-0.15, -0.1) is 0 Å². The van der Waals surface area contributed by atoms with E-state index in [1.165, 1.54) is 41.3 Å². The number of carbonyl (C=O) groups excluding carboxylic acids is 2. The molecular weight excluding hydrogens is 564 g/mol. The summed E-state index contributed by atoms with van der Waals surface area (Å²) in [5.41, 5.74) is 0.740. The van der Waals surface area contributed by atoms with Crippen molar-refractivity contribution in [3.63, 3.8) is 0 Å². The highest BCUT2D eigenvalue weighted by Crippen LogP contribution is 2.27. The van der Waals surface area contributed by atoms with Crippen molar-refractivity contribution in [1.82, 2.24) is 10.2 Å². The van der Waals surface area contributed by atoms with Crippen LogP contribution in [0.25, 0.3) is 0 Å². The van der Waals surface area contributed by atoms with E-state index < -0.39 is 40.2 Å². The van der Waals surface area contributed by atoms with Gasteiger partial charge in [-0.25, -0.2) is 17.2 Å². The van der Waals surface area contributed by atoms with E-state index in [0.717, 1.165) is 28.6 Å². The lowest BCUT2D eigenvalue weighted by Crippen LogP contribution is -2.52. The van der Waals surface area contributed by atoms with Gasteiger partial charge in [0.25, 0.3) is 10.0 Å². The molecule has 0 aliphatic carbocycles. The number of anilines is 1. The zero-order valence-corrected chi connectivity index (χ0v) is 25.0. The molecule has 0 saturated heterocycles. The number of sulfonamides is 1. The highest BCUT2D eigenvalue weighted by atomic mass is 32.2. The van der Waals surface area contributed by atoms with Crippen LogP contribution in [0.4, 0.5) is 14.5 Å². The Hall–Kier alpha value is -3.99. The summed E-state index contributed by atoms with van der Waals surface area (Å²) in [4.78, 5) is 28.4. The second-order valence-electron chi connectivity index (χ2n) is 10.1. The molecule has 0 aromatic heterocycles. The molecule has 0 unspecified atom stereocenters. The third kappa shape index (κ3) is 8.51. The maximum Gasteiger partial charge on any atom is 0.264 e. The smallest absolute Gasteiger partial charge is 0.264 e. The number of hydrogen-bond donors (Lipinski definition) is 1. The first-order valence-electron chi connectivity index (χ1n) is 13.8. The van der Waals surface area contributed by atoms with E-state index in [4.69, 9.17) is 4.74 Å². The molecule has 226 valence electrons. The Morgan fingerprint density at radius 2 is 1.45 bits per heavy atom. The van der Waals surface area contributed by atoms with Crippen molar-refractivity contribution in [2.75, 3.05) is 24.0 Å². The zero-order valence-electron chi connectivity index (χ0n) is 24.2. The molecule has 0 saturated carbocycles. The van der Waals surface area contributed by atoms with E-state index >= 15 is 0 Å². The number of rotatable bonds is 14. The summed E-state index contributed by atoms with van der Waals surface area (Å²) >= 11 is 0. The van der Waals surface area contributed by atoms with Crippen molar-refractivity contribution in [3.8, 4) is 5.75 Å². The van der Waals surface area contributed by atoms with Gasteiger partial charge in [-0.3, -0.25) is 13.9 Å². The Balaban J connectivity index is 2.04. The van der Waals surface area contributed by atoms with Gasteiger partial charge in [0.2, 0.25) is 11.8 Å². The van der Waals surface area contributed by atoms with Crippen LogP contribution in [0.15, 0.2) is 77.7 Å². The molecule has 0 radical (unpaired) electrons. The summed E-state index contributed by atoms with van der Waals surface area (Å²) < 4.78 is 61.3. The fourth-order valence-electron chi connectivity index (χ4n) is 4.27. The van der Waals surface area contributed by atoms with E-state index in [0.29, 0.717) is 24.5 Å². The molecule has 1 atom stereocenters. The Morgan fingerprint density at radius 3 is 1.98 bits per heavy atom. The molecule has 0 fully saturated rings. The normalized spacial score (nSPS) is 12.1. The van der Waals surface area contributed by atoms with Gasteiger partial charge in [0.15, 0.2) is 0 Å². The predicted molar refractivity (Wildman–Crippen MR) is 157 cm³/mol. The molecule has 0 spiro atoms. The van der Waals surface area contributed by atoms with Gasteiger partial charge in [-0.05, 0) is 85.5 Å². The molecule has 0 bridgehead atoms. The SMILES string of the molecule is CCOc1ccc(N(CC(=O)N(Cc2ccc(F)cc2)[C@@H](CC)C(=O)NCC(C)C)S(=O)(=O)c2ccc(F)cc2)cc1. The average Bonchev–Trinajstić information content (AvgIpc) is 2.96. The molecule has 3 aromatic rings. The Kier molecular flexibility index (Phi) is 11.4. The minimum absolute atomic E-state index is 0.0551. The molecule has 2 amide bonds. The number of amides is 2. The van der Waals surface area contributed by atoms with Gasteiger partial charge in [0, 0.05) is 13.1 Å². The molecule has 8 nitrogen and oxygen atoms in total. The molecule has 3 aromatic carbocycles. The van der Waals surface area contributed by atoms with Crippen molar-refractivity contribution in [2.24, 2.45) is 5.92 Å². The van der Waals surface area contributed by atoms with E-state index in [9.17, 15) is 26.8 Å². The minimum Gasteiger partial charge on any atom is -0.494 e. The summed E-state index contributed by atoms with van der Waals surface area (Å²) in [6, 6.07) is 15.1. The monoisotopic (exact) mass is 601 g/mol. The first-order valence-corrected chi connectivity index (χ1v) is 15.2. The number of nitrogens with one attached hydrogen (secondary N) is 1. The second-order valence-corrected chi connectivity index (χ2v) is 12.0. The summed E-state index contributed by atoms with van der Waals surface area (Å²) in [6.45, 7) is 7.55. The third-order valence-electron chi connectivity index (χ3n) is 6.45. The standard InChI is InChI=1S/C31H37F2N3O5S/c1-5-29(31(38)34-19-22(3)4)35(20-23-7-9-24(32)10-8-23)30(37)21-36(26-13-15-27(16-14-26)41-6-2)42(39,40)28-17-11-25(33)12-18-28/h7-18,22,29H,5-6,19-21H2,1-4H3,(H,34,38)/t29-/m0/s1. The van der Waals surface area contributed by atoms with E-state index in [-0.39, 0.29) is 35.4 Å². The first-order chi connectivity index (χ1) is 20.0. The van der Waals surface area contributed by atoms with Gasteiger partial charge in [0.05, 0.1) is 17.2 Å². The maximum absolute atomic E-state index is 14.0. The lowest BCUT2D eigenvalue weighted by Gasteiger charge is -2.33. The number of benzene rings is 3. The van der Waals surface area contributed by atoms with Gasteiger partial charge in [-0.2, -0.15) is 0 Å². The Labute approximate surface area is 246 Å². The van der Waals surface area contributed by atoms with Crippen LogP contribution < -0.4 is 14.4 Å². The maximum atomic E-state index is 14.0. The number of carbonyl (C=O) groups is 2. The minimum atomic E-state index is -4.35. The van der Waals surface area contributed by atoms with Crippen molar-refractivity contribution in [3.05, 3.63) is 90.0 Å². The van der Waals surface area contributed by atoms with Crippen LogP contribution in [0.1, 0.15) is 39.7 Å². The number of ether oxygens (including phenoxy) is 1. The van der Waals surface area contributed by atoms with E-state index in [1.54, 1.807) is 19.1 Å². The molecular formula is C31H37F2N3O5S. The molecule has 0 aliphatic heterocycles. The van der Waals surface area contributed by atoms with Gasteiger partial charge < -0.3 is 15.0 Å². The van der Waals surface area contributed by atoms with E-state index in [1.807, 2.05) is 20.8 Å². The second kappa shape index (κ2) is 14.8. The van der Waals surface area contributed by atoms with Crippen LogP contribution in [0.2, 0.25) is 0 Å². The van der Waals surface area contributed by atoms with Gasteiger partial charge in [0.1, 0.15) is 30.0 Å². The lowest BCUT2D eigenvalue weighted by atomic mass is 10.1. The van der Waals surface area contributed by atoms with Crippen molar-refractivity contribution in [1.29, 1.82) is 0 Å². The van der Waals surface area contributed by atoms with E-state index in [2.05, 4.69) is 5.32 Å². The van der Waals surface area contributed by atoms with Crippen LogP contribution in [0.3, 0.4) is 0 Å². The van der Waals surface area contributed by atoms with Crippen molar-refractivity contribution < 1.29 is 31.5 Å². The third-order valence-corrected chi connectivity index (χ3v) is 8.24. The lowest BCUT2D eigenvalue weighted by molar-refractivity contribution is -0.140.